The number of hydrogen-bond donors (Lipinski definition) is 1. The second-order valence-corrected chi connectivity index (χ2v) is 7.14. The quantitative estimate of drug-likeness (QED) is 0.629. The monoisotopic (exact) mass is 361 g/mol. The average molecular weight is 361 g/mol. The van der Waals surface area contributed by atoms with Crippen molar-refractivity contribution < 1.29 is 9.13 Å². The summed E-state index contributed by atoms with van der Waals surface area (Å²) >= 11 is 0. The van der Waals surface area contributed by atoms with Gasteiger partial charge in [0.2, 0.25) is 0 Å². The van der Waals surface area contributed by atoms with Crippen LogP contribution in [0.2, 0.25) is 0 Å². The lowest BCUT2D eigenvalue weighted by molar-refractivity contribution is 0.305. The Balaban J connectivity index is 1.78. The topological polar surface area (TPSA) is 21.3 Å². The minimum absolute atomic E-state index is 0.124. The average Bonchev–Trinajstić information content (AvgIpc) is 2.84. The highest BCUT2D eigenvalue weighted by molar-refractivity contribution is 5.47. The molecule has 138 valence electrons. The Kier molecular flexibility index (Phi) is 4.95. The smallest absolute Gasteiger partial charge is 0.125 e. The van der Waals surface area contributed by atoms with Crippen LogP contribution in [0.1, 0.15) is 53.2 Å². The molecule has 2 nitrogen and oxygen atoms in total. The van der Waals surface area contributed by atoms with Crippen molar-refractivity contribution in [3.8, 4) is 5.75 Å². The van der Waals surface area contributed by atoms with Crippen molar-refractivity contribution in [2.45, 2.75) is 39.0 Å². The van der Waals surface area contributed by atoms with Crippen molar-refractivity contribution in [1.82, 2.24) is 5.32 Å². The molecular formula is C24H24FNO. The molecule has 1 aliphatic heterocycles. The predicted octanol–water partition coefficient (Wildman–Crippen LogP) is 5.86. The number of aryl methyl sites for hydroxylation is 1. The van der Waals surface area contributed by atoms with Crippen molar-refractivity contribution >= 4 is 0 Å². The SMILES string of the molecule is CCC(NC1c2ccccc2COc2ccc(F)cc21)c1ccc(C)cc1. The van der Waals surface area contributed by atoms with Crippen LogP contribution in [0.3, 0.4) is 0 Å². The number of rotatable bonds is 4. The van der Waals surface area contributed by atoms with Gasteiger partial charge in [0.25, 0.3) is 0 Å². The summed E-state index contributed by atoms with van der Waals surface area (Å²) in [5.74, 6) is 0.496. The third-order valence-corrected chi connectivity index (χ3v) is 5.29. The van der Waals surface area contributed by atoms with Gasteiger partial charge in [-0.25, -0.2) is 4.39 Å². The van der Waals surface area contributed by atoms with E-state index >= 15 is 0 Å². The van der Waals surface area contributed by atoms with Crippen LogP contribution in [0.5, 0.6) is 5.75 Å². The number of fused-ring (bicyclic) bond motifs is 2. The van der Waals surface area contributed by atoms with E-state index in [4.69, 9.17) is 4.74 Å². The fourth-order valence-corrected chi connectivity index (χ4v) is 3.78. The lowest BCUT2D eigenvalue weighted by atomic mass is 9.92. The van der Waals surface area contributed by atoms with E-state index in [2.05, 4.69) is 55.6 Å². The number of ether oxygens (including phenoxy) is 1. The standard InChI is InChI=1S/C24H24FNO/c1-3-22(17-10-8-16(2)9-11-17)26-24-20-7-5-4-6-18(20)15-27-23-13-12-19(25)14-21(23)24/h4-14,22,24,26H,3,15H2,1-2H3. The zero-order valence-electron chi connectivity index (χ0n) is 15.7. The summed E-state index contributed by atoms with van der Waals surface area (Å²) in [7, 11) is 0. The summed E-state index contributed by atoms with van der Waals surface area (Å²) in [4.78, 5) is 0. The van der Waals surface area contributed by atoms with Gasteiger partial charge >= 0.3 is 0 Å². The van der Waals surface area contributed by atoms with Crippen molar-refractivity contribution in [3.63, 3.8) is 0 Å². The van der Waals surface area contributed by atoms with Crippen molar-refractivity contribution in [2.75, 3.05) is 0 Å². The zero-order valence-corrected chi connectivity index (χ0v) is 15.7. The summed E-state index contributed by atoms with van der Waals surface area (Å²) in [6.07, 6.45) is 0.938. The highest BCUT2D eigenvalue weighted by Crippen LogP contribution is 2.38. The van der Waals surface area contributed by atoms with E-state index in [0.29, 0.717) is 6.61 Å². The fourth-order valence-electron chi connectivity index (χ4n) is 3.78. The molecule has 3 aromatic rings. The molecule has 0 fully saturated rings. The Bertz CT molecular complexity index is 935. The van der Waals surface area contributed by atoms with Crippen LogP contribution in [-0.2, 0) is 6.61 Å². The predicted molar refractivity (Wildman–Crippen MR) is 106 cm³/mol. The second kappa shape index (κ2) is 7.53. The normalized spacial score (nSPS) is 16.6. The van der Waals surface area contributed by atoms with Crippen LogP contribution in [0.4, 0.5) is 4.39 Å². The molecule has 3 aromatic carbocycles. The number of nitrogens with one attached hydrogen (secondary N) is 1. The molecule has 0 radical (unpaired) electrons. The van der Waals surface area contributed by atoms with Crippen molar-refractivity contribution in [2.24, 2.45) is 0 Å². The van der Waals surface area contributed by atoms with Crippen LogP contribution < -0.4 is 10.1 Å². The Morgan fingerprint density at radius 2 is 1.81 bits per heavy atom. The highest BCUT2D eigenvalue weighted by atomic mass is 19.1. The maximum Gasteiger partial charge on any atom is 0.125 e. The third kappa shape index (κ3) is 3.60. The number of benzene rings is 3. The van der Waals surface area contributed by atoms with Crippen molar-refractivity contribution in [1.29, 1.82) is 0 Å². The minimum atomic E-state index is -0.244. The molecule has 0 aromatic heterocycles. The molecule has 1 N–H and O–H groups in total. The Labute approximate surface area is 160 Å². The molecule has 0 amide bonds. The molecule has 3 heteroatoms. The van der Waals surface area contributed by atoms with E-state index in [-0.39, 0.29) is 17.9 Å². The number of halogens is 1. The lowest BCUT2D eigenvalue weighted by Gasteiger charge is -2.27. The van der Waals surface area contributed by atoms with Crippen LogP contribution in [-0.4, -0.2) is 0 Å². The summed E-state index contributed by atoms with van der Waals surface area (Å²) in [6, 6.07) is 21.7. The summed E-state index contributed by atoms with van der Waals surface area (Å²) < 4.78 is 20.1. The summed E-state index contributed by atoms with van der Waals surface area (Å²) in [6.45, 7) is 4.76. The van der Waals surface area contributed by atoms with Gasteiger partial charge in [-0.1, -0.05) is 61.0 Å². The molecule has 1 heterocycles. The molecule has 2 atom stereocenters. The minimum Gasteiger partial charge on any atom is -0.489 e. The van der Waals surface area contributed by atoms with Crippen LogP contribution in [0.15, 0.2) is 66.7 Å². The zero-order chi connectivity index (χ0) is 18.8. The first-order valence-corrected chi connectivity index (χ1v) is 9.48. The highest BCUT2D eigenvalue weighted by Gasteiger charge is 2.27. The summed E-state index contributed by atoms with van der Waals surface area (Å²) in [5, 5.41) is 3.77. The van der Waals surface area contributed by atoms with E-state index in [0.717, 1.165) is 28.9 Å². The molecule has 2 unspecified atom stereocenters. The van der Waals surface area contributed by atoms with Gasteiger partial charge in [0, 0.05) is 11.6 Å². The first kappa shape index (κ1) is 17.7. The van der Waals surface area contributed by atoms with Gasteiger partial charge in [0.15, 0.2) is 0 Å². The molecule has 1 aliphatic rings. The molecule has 0 spiro atoms. The van der Waals surface area contributed by atoms with Gasteiger partial charge in [-0.05, 0) is 48.2 Å². The summed E-state index contributed by atoms with van der Waals surface area (Å²) in [5.41, 5.74) is 5.61. The Morgan fingerprint density at radius 1 is 1.04 bits per heavy atom. The molecule has 0 saturated heterocycles. The van der Waals surface area contributed by atoms with E-state index in [1.807, 2.05) is 12.1 Å². The Hall–Kier alpha value is -2.65. The molecule has 0 aliphatic carbocycles. The lowest BCUT2D eigenvalue weighted by Crippen LogP contribution is -2.27. The maximum absolute atomic E-state index is 14.1. The van der Waals surface area contributed by atoms with Gasteiger partial charge in [0.05, 0.1) is 6.04 Å². The van der Waals surface area contributed by atoms with E-state index < -0.39 is 0 Å². The second-order valence-electron chi connectivity index (χ2n) is 7.14. The van der Waals surface area contributed by atoms with Crippen LogP contribution in [0, 0.1) is 12.7 Å². The van der Waals surface area contributed by atoms with Gasteiger partial charge < -0.3 is 4.74 Å². The van der Waals surface area contributed by atoms with Gasteiger partial charge in [-0.2, -0.15) is 0 Å². The van der Waals surface area contributed by atoms with Crippen LogP contribution >= 0.6 is 0 Å². The third-order valence-electron chi connectivity index (χ3n) is 5.29. The Morgan fingerprint density at radius 3 is 2.59 bits per heavy atom. The van der Waals surface area contributed by atoms with E-state index in [9.17, 15) is 4.39 Å². The van der Waals surface area contributed by atoms with Gasteiger partial charge in [-0.15, -0.1) is 0 Å². The van der Waals surface area contributed by atoms with Gasteiger partial charge in [-0.3, -0.25) is 5.32 Å². The molecule has 4 rings (SSSR count). The molecular weight excluding hydrogens is 337 g/mol. The maximum atomic E-state index is 14.1. The first-order chi connectivity index (χ1) is 13.2. The fraction of sp³-hybridized carbons (Fsp3) is 0.250. The van der Waals surface area contributed by atoms with E-state index in [1.165, 1.54) is 17.2 Å². The molecule has 27 heavy (non-hydrogen) atoms. The van der Waals surface area contributed by atoms with E-state index in [1.54, 1.807) is 12.1 Å². The van der Waals surface area contributed by atoms with Crippen LogP contribution in [0.25, 0.3) is 0 Å². The largest absolute Gasteiger partial charge is 0.489 e. The molecule has 0 saturated carbocycles. The van der Waals surface area contributed by atoms with Gasteiger partial charge in [0.1, 0.15) is 18.2 Å². The first-order valence-electron chi connectivity index (χ1n) is 9.48. The number of hydrogen-bond acceptors (Lipinski definition) is 2. The van der Waals surface area contributed by atoms with Crippen molar-refractivity contribution in [3.05, 3.63) is 100 Å². The molecule has 0 bridgehead atoms.